The van der Waals surface area contributed by atoms with Crippen LogP contribution in [0, 0.1) is 6.42 Å². The van der Waals surface area contributed by atoms with Crippen molar-refractivity contribution in [2.24, 2.45) is 0 Å². The summed E-state index contributed by atoms with van der Waals surface area (Å²) in [6, 6.07) is 0. The molecular weight excluding hydrogens is 152 g/mol. The Morgan fingerprint density at radius 2 is 2.00 bits per heavy atom. The summed E-state index contributed by atoms with van der Waals surface area (Å²) < 4.78 is 4.93. The molecule has 0 rings (SSSR count). The fraction of sp³-hybridized carbons (Fsp3) is 0.800. The maximum Gasteiger partial charge on any atom is 0.309 e. The standard InChI is InChI=1S/C10H19O2/c1-3-5-6-7-9-12-10(11)8-4-2/h8H,3-7,9H2,1-2H3. The quantitative estimate of drug-likeness (QED) is 0.435. The highest BCUT2D eigenvalue weighted by Crippen LogP contribution is 1.99. The maximum atomic E-state index is 10.8. The summed E-state index contributed by atoms with van der Waals surface area (Å²) in [7, 11) is 0. The number of rotatable bonds is 7. The number of ether oxygens (including phenoxy) is 1. The minimum absolute atomic E-state index is 0.172. The summed E-state index contributed by atoms with van der Waals surface area (Å²) in [6.45, 7) is 4.67. The molecule has 0 aromatic heterocycles. The number of hydrogen-bond acceptors (Lipinski definition) is 2. The third-order valence-electron chi connectivity index (χ3n) is 1.61. The summed E-state index contributed by atoms with van der Waals surface area (Å²) in [6.07, 6.45) is 6.94. The molecule has 12 heavy (non-hydrogen) atoms. The van der Waals surface area contributed by atoms with Gasteiger partial charge in [-0.2, -0.15) is 0 Å². The first-order chi connectivity index (χ1) is 5.81. The second-order valence-electron chi connectivity index (χ2n) is 2.84. The smallest absolute Gasteiger partial charge is 0.309 e. The highest BCUT2D eigenvalue weighted by atomic mass is 16.5. The van der Waals surface area contributed by atoms with Gasteiger partial charge in [-0.05, 0) is 12.8 Å². The first-order valence-electron chi connectivity index (χ1n) is 4.81. The molecule has 0 aromatic carbocycles. The van der Waals surface area contributed by atoms with E-state index in [0.717, 1.165) is 19.3 Å². The van der Waals surface area contributed by atoms with Gasteiger partial charge in [0.2, 0.25) is 0 Å². The third-order valence-corrected chi connectivity index (χ3v) is 1.61. The summed E-state index contributed by atoms with van der Waals surface area (Å²) in [4.78, 5) is 10.8. The van der Waals surface area contributed by atoms with Crippen LogP contribution >= 0.6 is 0 Å². The SMILES string of the molecule is CC[CH]C(=O)OCCCCCC. The molecule has 0 aliphatic heterocycles. The molecule has 0 saturated carbocycles. The lowest BCUT2D eigenvalue weighted by atomic mass is 10.2. The monoisotopic (exact) mass is 171 g/mol. The summed E-state index contributed by atoms with van der Waals surface area (Å²) in [5.41, 5.74) is 0. The van der Waals surface area contributed by atoms with Crippen molar-refractivity contribution in [2.45, 2.75) is 46.0 Å². The van der Waals surface area contributed by atoms with E-state index in [1.165, 1.54) is 12.8 Å². The van der Waals surface area contributed by atoms with Gasteiger partial charge in [0.25, 0.3) is 0 Å². The average molecular weight is 171 g/mol. The van der Waals surface area contributed by atoms with Crippen molar-refractivity contribution in [1.82, 2.24) is 0 Å². The van der Waals surface area contributed by atoms with Crippen LogP contribution in [0.2, 0.25) is 0 Å². The van der Waals surface area contributed by atoms with Crippen LogP contribution in [0.1, 0.15) is 46.0 Å². The van der Waals surface area contributed by atoms with Crippen LogP contribution in [0.25, 0.3) is 0 Å². The van der Waals surface area contributed by atoms with Gasteiger partial charge in [-0.1, -0.05) is 33.1 Å². The van der Waals surface area contributed by atoms with Gasteiger partial charge < -0.3 is 4.74 Å². The Labute approximate surface area is 75.3 Å². The highest BCUT2D eigenvalue weighted by molar-refractivity contribution is 5.78. The van der Waals surface area contributed by atoms with Gasteiger partial charge in [-0.15, -0.1) is 0 Å². The van der Waals surface area contributed by atoms with Gasteiger partial charge in [0.1, 0.15) is 0 Å². The lowest BCUT2D eigenvalue weighted by Crippen LogP contribution is -2.05. The van der Waals surface area contributed by atoms with Gasteiger partial charge in [-0.3, -0.25) is 4.79 Å². The van der Waals surface area contributed by atoms with Gasteiger partial charge in [0.15, 0.2) is 0 Å². The van der Waals surface area contributed by atoms with Gasteiger partial charge in [-0.25, -0.2) is 0 Å². The van der Waals surface area contributed by atoms with E-state index in [-0.39, 0.29) is 5.97 Å². The second kappa shape index (κ2) is 8.57. The molecule has 0 N–H and O–H groups in total. The van der Waals surface area contributed by atoms with Crippen molar-refractivity contribution in [1.29, 1.82) is 0 Å². The number of carbonyl (C=O) groups excluding carboxylic acids is 1. The van der Waals surface area contributed by atoms with E-state index in [1.807, 2.05) is 6.92 Å². The van der Waals surface area contributed by atoms with Gasteiger partial charge >= 0.3 is 5.97 Å². The zero-order chi connectivity index (χ0) is 9.23. The van der Waals surface area contributed by atoms with Crippen LogP contribution in [0.3, 0.4) is 0 Å². The molecular formula is C10H19O2. The minimum Gasteiger partial charge on any atom is -0.465 e. The fourth-order valence-electron chi connectivity index (χ4n) is 0.927. The lowest BCUT2D eigenvalue weighted by Gasteiger charge is -2.02. The molecule has 0 heterocycles. The van der Waals surface area contributed by atoms with Crippen molar-refractivity contribution in [3.63, 3.8) is 0 Å². The molecule has 0 spiro atoms. The number of hydrogen-bond donors (Lipinski definition) is 0. The summed E-state index contributed by atoms with van der Waals surface area (Å²) in [5.74, 6) is -0.172. The molecule has 0 aliphatic rings. The Balaban J connectivity index is 3.03. The molecule has 0 aromatic rings. The molecule has 2 nitrogen and oxygen atoms in total. The van der Waals surface area contributed by atoms with Crippen molar-refractivity contribution in [3.05, 3.63) is 6.42 Å². The zero-order valence-corrected chi connectivity index (χ0v) is 8.14. The topological polar surface area (TPSA) is 26.3 Å². The van der Waals surface area contributed by atoms with Crippen LogP contribution in [0.4, 0.5) is 0 Å². The van der Waals surface area contributed by atoms with Crippen LogP contribution in [-0.2, 0) is 9.53 Å². The Kier molecular flexibility index (Phi) is 8.19. The molecule has 0 aliphatic carbocycles. The maximum absolute atomic E-state index is 10.8. The zero-order valence-electron chi connectivity index (χ0n) is 8.14. The fourth-order valence-corrected chi connectivity index (χ4v) is 0.927. The van der Waals surface area contributed by atoms with Crippen LogP contribution in [0.15, 0.2) is 0 Å². The average Bonchev–Trinajstić information content (AvgIpc) is 2.05. The normalized spacial score (nSPS) is 9.83. The van der Waals surface area contributed by atoms with Crippen molar-refractivity contribution < 1.29 is 9.53 Å². The number of esters is 1. The molecule has 0 amide bonds. The third kappa shape index (κ3) is 7.58. The number of unbranched alkanes of at least 4 members (excludes halogenated alkanes) is 3. The molecule has 2 heteroatoms. The van der Waals surface area contributed by atoms with E-state index in [9.17, 15) is 4.79 Å². The van der Waals surface area contributed by atoms with Gasteiger partial charge in [0.05, 0.1) is 13.0 Å². The van der Waals surface area contributed by atoms with Crippen molar-refractivity contribution in [2.75, 3.05) is 6.61 Å². The molecule has 0 saturated heterocycles. The Morgan fingerprint density at radius 1 is 1.25 bits per heavy atom. The van der Waals surface area contributed by atoms with Crippen molar-refractivity contribution >= 4 is 5.97 Å². The molecule has 0 unspecified atom stereocenters. The van der Waals surface area contributed by atoms with Crippen LogP contribution in [0.5, 0.6) is 0 Å². The minimum atomic E-state index is -0.172. The van der Waals surface area contributed by atoms with Crippen LogP contribution in [-0.4, -0.2) is 12.6 Å². The van der Waals surface area contributed by atoms with Crippen molar-refractivity contribution in [3.8, 4) is 0 Å². The van der Waals surface area contributed by atoms with E-state index >= 15 is 0 Å². The van der Waals surface area contributed by atoms with Crippen LogP contribution < -0.4 is 0 Å². The van der Waals surface area contributed by atoms with E-state index in [1.54, 1.807) is 6.42 Å². The molecule has 71 valence electrons. The molecule has 0 fully saturated rings. The predicted molar refractivity (Wildman–Crippen MR) is 49.7 cm³/mol. The summed E-state index contributed by atoms with van der Waals surface area (Å²) in [5, 5.41) is 0. The Bertz CT molecular complexity index is 110. The Hall–Kier alpha value is -0.530. The highest BCUT2D eigenvalue weighted by Gasteiger charge is 1.99. The lowest BCUT2D eigenvalue weighted by molar-refractivity contribution is -0.139. The van der Waals surface area contributed by atoms with E-state index in [0.29, 0.717) is 6.61 Å². The summed E-state index contributed by atoms with van der Waals surface area (Å²) >= 11 is 0. The largest absolute Gasteiger partial charge is 0.465 e. The predicted octanol–water partition coefficient (Wildman–Crippen LogP) is 2.72. The van der Waals surface area contributed by atoms with E-state index in [4.69, 9.17) is 4.74 Å². The first-order valence-corrected chi connectivity index (χ1v) is 4.81. The van der Waals surface area contributed by atoms with Gasteiger partial charge in [0, 0.05) is 0 Å². The molecule has 0 atom stereocenters. The van der Waals surface area contributed by atoms with E-state index in [2.05, 4.69) is 6.92 Å². The molecule has 1 radical (unpaired) electrons. The first kappa shape index (κ1) is 11.5. The second-order valence-corrected chi connectivity index (χ2v) is 2.84. The number of carbonyl (C=O) groups is 1. The molecule has 0 bridgehead atoms. The Morgan fingerprint density at radius 3 is 2.58 bits per heavy atom. The van der Waals surface area contributed by atoms with E-state index < -0.39 is 0 Å².